The van der Waals surface area contributed by atoms with E-state index in [0.717, 1.165) is 22.6 Å². The van der Waals surface area contributed by atoms with E-state index < -0.39 is 0 Å². The molecule has 0 amide bonds. The molecule has 0 aliphatic carbocycles. The van der Waals surface area contributed by atoms with E-state index in [0.29, 0.717) is 0 Å². The summed E-state index contributed by atoms with van der Waals surface area (Å²) in [5, 5.41) is 3.66. The predicted molar refractivity (Wildman–Crippen MR) is 86.1 cm³/mol. The number of hydrogen-bond acceptors (Lipinski definition) is 2. The summed E-state index contributed by atoms with van der Waals surface area (Å²) >= 11 is 0. The molecule has 0 bridgehead atoms. The Bertz CT molecular complexity index is 830. The number of hydrogen-bond donors (Lipinski definition) is 1. The van der Waals surface area contributed by atoms with Gasteiger partial charge in [0, 0.05) is 20.1 Å². The summed E-state index contributed by atoms with van der Waals surface area (Å²) in [6.07, 6.45) is 0.170. The van der Waals surface area contributed by atoms with E-state index in [1.165, 1.54) is 5.52 Å². The Kier molecular flexibility index (Phi) is 3.62. The molecule has 2 heterocycles. The normalized spacial score (nSPS) is 16.4. The Morgan fingerprint density at radius 1 is 1.14 bits per heavy atom. The summed E-state index contributed by atoms with van der Waals surface area (Å²) in [5.41, 5.74) is 4.44. The smallest absolute Gasteiger partial charge is 0.0939 e. The molecule has 1 radical (unpaired) electrons. The van der Waals surface area contributed by atoms with Gasteiger partial charge in [-0.2, -0.15) is 0 Å². The molecule has 3 aromatic rings. The number of rotatable bonds is 0. The van der Waals surface area contributed by atoms with Crippen molar-refractivity contribution in [1.29, 1.82) is 0 Å². The zero-order chi connectivity index (χ0) is 14.6. The average Bonchev–Trinajstić information content (AvgIpc) is 2.85. The van der Waals surface area contributed by atoms with Crippen LogP contribution in [0.4, 0.5) is 5.69 Å². The third-order valence-electron chi connectivity index (χ3n) is 4.05. The number of nitrogens with one attached hydrogen (secondary N) is 1. The molecular weight excluding hydrogens is 450 g/mol. The first-order chi connectivity index (χ1) is 10.1. The van der Waals surface area contributed by atoms with E-state index in [4.69, 9.17) is 4.98 Å². The van der Waals surface area contributed by atoms with E-state index in [1.807, 2.05) is 18.2 Å². The molecule has 1 unspecified atom stereocenters. The first kappa shape index (κ1) is 15.3. The van der Waals surface area contributed by atoms with Crippen LogP contribution < -0.4 is 5.32 Å². The topological polar surface area (TPSA) is 29.9 Å². The zero-order valence-electron chi connectivity index (χ0n) is 12.8. The van der Waals surface area contributed by atoms with E-state index in [2.05, 4.69) is 61.0 Å². The van der Waals surface area contributed by atoms with Gasteiger partial charge in [-0.1, -0.05) is 38.5 Å². The van der Waals surface area contributed by atoms with Crippen molar-refractivity contribution in [1.82, 2.24) is 9.55 Å². The molecule has 1 aliphatic rings. The maximum absolute atomic E-state index is 4.85. The van der Waals surface area contributed by atoms with Crippen LogP contribution in [0.1, 0.15) is 26.9 Å². The van der Waals surface area contributed by atoms with Crippen molar-refractivity contribution in [3.8, 4) is 11.4 Å². The number of anilines is 1. The maximum Gasteiger partial charge on any atom is 0.0939 e. The molecule has 0 spiro atoms. The number of imidazole rings is 1. The van der Waals surface area contributed by atoms with Gasteiger partial charge in [0.05, 0.1) is 23.0 Å². The quantitative estimate of drug-likeness (QED) is 0.494. The molecule has 4 heteroatoms. The summed E-state index contributed by atoms with van der Waals surface area (Å²) in [7, 11) is 0. The molecule has 0 fully saturated rings. The van der Waals surface area contributed by atoms with Crippen LogP contribution in [-0.2, 0) is 20.1 Å². The third kappa shape index (κ3) is 2.18. The van der Waals surface area contributed by atoms with Crippen molar-refractivity contribution in [3.63, 3.8) is 0 Å². The van der Waals surface area contributed by atoms with Crippen LogP contribution >= 0.6 is 0 Å². The van der Waals surface area contributed by atoms with Crippen LogP contribution in [0.5, 0.6) is 0 Å². The van der Waals surface area contributed by atoms with Gasteiger partial charge in [0.25, 0.3) is 0 Å². The molecule has 2 aromatic carbocycles. The molecule has 1 atom stereocenters. The van der Waals surface area contributed by atoms with E-state index in [1.54, 1.807) is 0 Å². The molecule has 1 N–H and O–H groups in total. The van der Waals surface area contributed by atoms with Crippen LogP contribution in [0, 0.1) is 11.5 Å². The van der Waals surface area contributed by atoms with Crippen LogP contribution in [0.25, 0.3) is 22.4 Å². The number of fused-ring (bicyclic) bond motifs is 5. The van der Waals surface area contributed by atoms with Crippen molar-refractivity contribution < 1.29 is 20.1 Å². The minimum absolute atomic E-state index is 0. The Labute approximate surface area is 144 Å². The molecule has 4 rings (SSSR count). The fourth-order valence-corrected chi connectivity index (χ4v) is 3.04. The second-order valence-corrected chi connectivity index (χ2v) is 6.67. The van der Waals surface area contributed by atoms with Gasteiger partial charge < -0.3 is 9.88 Å². The van der Waals surface area contributed by atoms with Crippen LogP contribution in [0.3, 0.4) is 0 Å². The van der Waals surface area contributed by atoms with Gasteiger partial charge in [-0.3, -0.25) is 4.98 Å². The molecule has 0 saturated carbocycles. The maximum atomic E-state index is 4.85. The average molecular weight is 469 g/mol. The van der Waals surface area contributed by atoms with Crippen molar-refractivity contribution in [3.05, 3.63) is 48.5 Å². The van der Waals surface area contributed by atoms with Crippen LogP contribution in [0.15, 0.2) is 42.5 Å². The molecule has 0 saturated heterocycles. The molecule has 115 valence electrons. The minimum atomic E-state index is 0. The first-order valence-corrected chi connectivity index (χ1v) is 7.30. The largest absolute Gasteiger partial charge is 0.405 e. The Morgan fingerprint density at radius 2 is 1.91 bits per heavy atom. The SMILES string of the molecule is CC(C)(C)C1Nc2ccc[c-]c2-c2nc3ccccc3n21.[Ir]. The summed E-state index contributed by atoms with van der Waals surface area (Å²) in [4.78, 5) is 4.85. The van der Waals surface area contributed by atoms with Crippen LogP contribution in [-0.4, -0.2) is 9.55 Å². The van der Waals surface area contributed by atoms with E-state index in [-0.39, 0.29) is 31.7 Å². The third-order valence-corrected chi connectivity index (χ3v) is 4.05. The van der Waals surface area contributed by atoms with Gasteiger partial charge in [0.2, 0.25) is 0 Å². The van der Waals surface area contributed by atoms with Gasteiger partial charge in [-0.25, -0.2) is 0 Å². The zero-order valence-corrected chi connectivity index (χ0v) is 15.2. The predicted octanol–water partition coefficient (Wildman–Crippen LogP) is 4.47. The molecule has 1 aliphatic heterocycles. The molecular formula is C18H18IrN3-. The van der Waals surface area contributed by atoms with Gasteiger partial charge in [-0.15, -0.1) is 24.3 Å². The van der Waals surface area contributed by atoms with Crippen LogP contribution in [0.2, 0.25) is 0 Å². The van der Waals surface area contributed by atoms with Gasteiger partial charge >= 0.3 is 0 Å². The Hall–Kier alpha value is -1.64. The summed E-state index contributed by atoms with van der Waals surface area (Å²) < 4.78 is 2.31. The van der Waals surface area contributed by atoms with Gasteiger partial charge in [0.1, 0.15) is 0 Å². The molecule has 22 heavy (non-hydrogen) atoms. The summed E-state index contributed by atoms with van der Waals surface area (Å²) in [5.74, 6) is 1.01. The fraction of sp³-hybridized carbons (Fsp3) is 0.278. The second-order valence-electron chi connectivity index (χ2n) is 6.67. The number of aromatic nitrogens is 2. The molecule has 3 nitrogen and oxygen atoms in total. The van der Waals surface area contributed by atoms with Gasteiger partial charge in [0.15, 0.2) is 0 Å². The van der Waals surface area contributed by atoms with Crippen molar-refractivity contribution >= 4 is 16.7 Å². The van der Waals surface area contributed by atoms with Gasteiger partial charge in [-0.05, 0) is 23.2 Å². The monoisotopic (exact) mass is 469 g/mol. The molecule has 1 aromatic heterocycles. The first-order valence-electron chi connectivity index (χ1n) is 7.30. The fourth-order valence-electron chi connectivity index (χ4n) is 3.04. The number of nitrogens with zero attached hydrogens (tertiary/aromatic N) is 2. The summed E-state index contributed by atoms with van der Waals surface area (Å²) in [6, 6.07) is 17.7. The van der Waals surface area contributed by atoms with Crippen molar-refractivity contribution in [2.24, 2.45) is 5.41 Å². The Morgan fingerprint density at radius 3 is 2.68 bits per heavy atom. The van der Waals surface area contributed by atoms with E-state index in [9.17, 15) is 0 Å². The summed E-state index contributed by atoms with van der Waals surface area (Å²) in [6.45, 7) is 6.75. The number of para-hydroxylation sites is 2. The second kappa shape index (κ2) is 5.22. The van der Waals surface area contributed by atoms with E-state index >= 15 is 0 Å². The van der Waals surface area contributed by atoms with Crippen molar-refractivity contribution in [2.45, 2.75) is 26.9 Å². The number of benzene rings is 2. The minimum Gasteiger partial charge on any atom is -0.405 e. The Balaban J connectivity index is 0.00000144. The van der Waals surface area contributed by atoms with Crippen molar-refractivity contribution in [2.75, 3.05) is 5.32 Å². The standard InChI is InChI=1S/C18H18N3.Ir/c1-18(2,3)17-20-13-9-5-4-8-12(13)16-19-14-10-6-7-11-15(14)21(16)17;/h4-7,9-11,17,20H,1-3H3;/q-1;.